The van der Waals surface area contributed by atoms with Crippen molar-refractivity contribution < 1.29 is 32.2 Å². The number of carbonyl (C=O) groups excluding carboxylic acids is 2. The molecule has 0 unspecified atom stereocenters. The number of ether oxygens (including phenoxy) is 2. The van der Waals surface area contributed by atoms with E-state index in [-0.39, 0.29) is 17.0 Å². The summed E-state index contributed by atoms with van der Waals surface area (Å²) in [5.74, 6) is -2.15. The molecule has 2 aromatic rings. The second kappa shape index (κ2) is 10.1. The first kappa shape index (κ1) is 23.0. The molecule has 0 radical (unpaired) electrons. The van der Waals surface area contributed by atoms with E-state index in [9.17, 15) is 22.8 Å². The fraction of sp³-hybridized carbons (Fsp3) is 0.333. The molecule has 1 saturated heterocycles. The molecule has 1 aliphatic heterocycles. The standard InChI is InChI=1S/C21H21F3N2O4S/c22-21(23,24)30-16-8-6-15(7-9-16)26-19(28)18(27)25-14-20(10-12-29-13-11-20)31-17-4-2-1-3-5-17/h1-9H,10-14H2,(H,25,27)(H,26,28). The molecule has 6 nitrogen and oxygen atoms in total. The van der Waals surface area contributed by atoms with Crippen LogP contribution >= 0.6 is 11.8 Å². The second-order valence-electron chi connectivity index (χ2n) is 6.92. The van der Waals surface area contributed by atoms with Gasteiger partial charge in [0.05, 0.1) is 0 Å². The topological polar surface area (TPSA) is 76.7 Å². The van der Waals surface area contributed by atoms with Crippen LogP contribution in [0.2, 0.25) is 0 Å². The lowest BCUT2D eigenvalue weighted by Crippen LogP contribution is -2.47. The number of hydrogen-bond acceptors (Lipinski definition) is 5. The number of alkyl halides is 3. The smallest absolute Gasteiger partial charge is 0.406 e. The highest BCUT2D eigenvalue weighted by Crippen LogP contribution is 2.40. The molecule has 10 heteroatoms. The van der Waals surface area contributed by atoms with Crippen LogP contribution in [0.3, 0.4) is 0 Å². The van der Waals surface area contributed by atoms with E-state index in [1.54, 1.807) is 11.8 Å². The van der Waals surface area contributed by atoms with Crippen LogP contribution in [0.4, 0.5) is 18.9 Å². The summed E-state index contributed by atoms with van der Waals surface area (Å²) in [5.41, 5.74) is 0.175. The average Bonchev–Trinajstić information content (AvgIpc) is 2.74. The van der Waals surface area contributed by atoms with Crippen molar-refractivity contribution in [2.45, 2.75) is 28.8 Å². The van der Waals surface area contributed by atoms with Gasteiger partial charge in [0.15, 0.2) is 0 Å². The average molecular weight is 454 g/mol. The van der Waals surface area contributed by atoms with Crippen LogP contribution < -0.4 is 15.4 Å². The van der Waals surface area contributed by atoms with Crippen LogP contribution in [-0.2, 0) is 14.3 Å². The predicted octanol–water partition coefficient (Wildman–Crippen LogP) is 3.98. The van der Waals surface area contributed by atoms with Gasteiger partial charge in [-0.2, -0.15) is 0 Å². The monoisotopic (exact) mass is 454 g/mol. The largest absolute Gasteiger partial charge is 0.573 e. The van der Waals surface area contributed by atoms with E-state index in [1.165, 1.54) is 12.1 Å². The van der Waals surface area contributed by atoms with Crippen molar-refractivity contribution in [2.24, 2.45) is 0 Å². The van der Waals surface area contributed by atoms with Gasteiger partial charge in [-0.25, -0.2) is 0 Å². The highest BCUT2D eigenvalue weighted by Gasteiger charge is 2.35. The van der Waals surface area contributed by atoms with Crippen LogP contribution in [0.5, 0.6) is 5.75 Å². The molecule has 0 bridgehead atoms. The van der Waals surface area contributed by atoms with Gasteiger partial charge in [-0.15, -0.1) is 24.9 Å². The zero-order valence-electron chi connectivity index (χ0n) is 16.4. The number of rotatable bonds is 6. The molecular weight excluding hydrogens is 433 g/mol. The Morgan fingerprint density at radius 3 is 2.26 bits per heavy atom. The molecule has 0 spiro atoms. The molecule has 1 aliphatic rings. The van der Waals surface area contributed by atoms with Crippen molar-refractivity contribution in [1.29, 1.82) is 0 Å². The molecule has 31 heavy (non-hydrogen) atoms. The van der Waals surface area contributed by atoms with Gasteiger partial charge in [0.2, 0.25) is 0 Å². The Hall–Kier alpha value is -2.72. The number of halogens is 3. The molecule has 1 fully saturated rings. The van der Waals surface area contributed by atoms with Crippen LogP contribution in [0, 0.1) is 0 Å². The summed E-state index contributed by atoms with van der Waals surface area (Å²) in [7, 11) is 0. The van der Waals surface area contributed by atoms with Crippen LogP contribution in [0.15, 0.2) is 59.5 Å². The van der Waals surface area contributed by atoms with Crippen molar-refractivity contribution in [3.8, 4) is 5.75 Å². The molecule has 3 rings (SSSR count). The summed E-state index contributed by atoms with van der Waals surface area (Å²) < 4.78 is 45.6. The molecule has 0 saturated carbocycles. The Morgan fingerprint density at radius 2 is 1.65 bits per heavy atom. The van der Waals surface area contributed by atoms with E-state index in [0.29, 0.717) is 13.2 Å². The fourth-order valence-electron chi connectivity index (χ4n) is 3.05. The maximum absolute atomic E-state index is 12.3. The predicted molar refractivity (Wildman–Crippen MR) is 110 cm³/mol. The van der Waals surface area contributed by atoms with E-state index in [2.05, 4.69) is 15.4 Å². The zero-order valence-corrected chi connectivity index (χ0v) is 17.2. The first-order valence-electron chi connectivity index (χ1n) is 9.52. The molecule has 2 aromatic carbocycles. The minimum absolute atomic E-state index is 0.175. The number of benzene rings is 2. The first-order chi connectivity index (χ1) is 14.7. The van der Waals surface area contributed by atoms with Gasteiger partial charge in [0.25, 0.3) is 0 Å². The Kier molecular flexibility index (Phi) is 7.45. The van der Waals surface area contributed by atoms with E-state index >= 15 is 0 Å². The van der Waals surface area contributed by atoms with E-state index < -0.39 is 23.9 Å². The molecule has 0 aliphatic carbocycles. The van der Waals surface area contributed by atoms with E-state index in [1.807, 2.05) is 30.3 Å². The van der Waals surface area contributed by atoms with Crippen LogP contribution in [-0.4, -0.2) is 42.7 Å². The first-order valence-corrected chi connectivity index (χ1v) is 10.3. The van der Waals surface area contributed by atoms with Crippen molar-refractivity contribution in [2.75, 3.05) is 25.1 Å². The molecular formula is C21H21F3N2O4S. The Morgan fingerprint density at radius 1 is 1.00 bits per heavy atom. The number of anilines is 1. The molecule has 2 amide bonds. The van der Waals surface area contributed by atoms with Crippen molar-refractivity contribution >= 4 is 29.3 Å². The Labute approximate surface area is 181 Å². The molecule has 166 valence electrons. The highest BCUT2D eigenvalue weighted by atomic mass is 32.2. The summed E-state index contributed by atoms with van der Waals surface area (Å²) in [5, 5.41) is 5.04. The summed E-state index contributed by atoms with van der Waals surface area (Å²) in [6.07, 6.45) is -3.37. The Bertz CT molecular complexity index is 886. The lowest BCUT2D eigenvalue weighted by Gasteiger charge is -2.36. The number of amides is 2. The zero-order chi connectivity index (χ0) is 22.3. The lowest BCUT2D eigenvalue weighted by molar-refractivity contribution is -0.274. The normalized spacial score (nSPS) is 15.7. The Balaban J connectivity index is 1.56. The van der Waals surface area contributed by atoms with Gasteiger partial charge in [-0.3, -0.25) is 9.59 Å². The van der Waals surface area contributed by atoms with Gasteiger partial charge in [0.1, 0.15) is 5.75 Å². The van der Waals surface area contributed by atoms with Crippen molar-refractivity contribution in [3.05, 3.63) is 54.6 Å². The SMILES string of the molecule is O=C(NCC1(Sc2ccccc2)CCOCC1)C(=O)Nc1ccc(OC(F)(F)F)cc1. The molecule has 0 aromatic heterocycles. The third-order valence-electron chi connectivity index (χ3n) is 4.60. The molecule has 0 atom stereocenters. The van der Waals surface area contributed by atoms with Crippen LogP contribution in [0.1, 0.15) is 12.8 Å². The third kappa shape index (κ3) is 7.18. The summed E-state index contributed by atoms with van der Waals surface area (Å²) in [6, 6.07) is 14.3. The molecule has 2 N–H and O–H groups in total. The van der Waals surface area contributed by atoms with Gasteiger partial charge in [-0.1, -0.05) is 18.2 Å². The number of thioether (sulfide) groups is 1. The maximum Gasteiger partial charge on any atom is 0.573 e. The van der Waals surface area contributed by atoms with Crippen LogP contribution in [0.25, 0.3) is 0 Å². The highest BCUT2D eigenvalue weighted by molar-refractivity contribution is 8.00. The third-order valence-corrected chi connectivity index (χ3v) is 6.10. The van der Waals surface area contributed by atoms with Gasteiger partial charge in [-0.05, 0) is 49.2 Å². The lowest BCUT2D eigenvalue weighted by atomic mass is 9.99. The summed E-state index contributed by atoms with van der Waals surface area (Å²) in [4.78, 5) is 25.6. The number of hydrogen-bond donors (Lipinski definition) is 2. The maximum atomic E-state index is 12.3. The van der Waals surface area contributed by atoms with Gasteiger partial charge >= 0.3 is 18.2 Å². The minimum atomic E-state index is -4.80. The van der Waals surface area contributed by atoms with Gasteiger partial charge < -0.3 is 20.1 Å². The van der Waals surface area contributed by atoms with Gasteiger partial charge in [0, 0.05) is 35.1 Å². The summed E-state index contributed by atoms with van der Waals surface area (Å²) >= 11 is 1.64. The number of carbonyl (C=O) groups is 2. The summed E-state index contributed by atoms with van der Waals surface area (Å²) in [6.45, 7) is 1.41. The van der Waals surface area contributed by atoms with E-state index in [0.717, 1.165) is 29.9 Å². The quantitative estimate of drug-likeness (QED) is 0.646. The second-order valence-corrected chi connectivity index (χ2v) is 8.46. The fourth-order valence-corrected chi connectivity index (χ4v) is 4.35. The number of nitrogens with one attached hydrogen (secondary N) is 2. The molecule has 1 heterocycles. The van der Waals surface area contributed by atoms with E-state index in [4.69, 9.17) is 4.74 Å². The minimum Gasteiger partial charge on any atom is -0.406 e. The van der Waals surface area contributed by atoms with Crippen molar-refractivity contribution in [3.63, 3.8) is 0 Å². The van der Waals surface area contributed by atoms with Crippen molar-refractivity contribution in [1.82, 2.24) is 5.32 Å².